The Morgan fingerprint density at radius 2 is 1.61 bits per heavy atom. The van der Waals surface area contributed by atoms with Crippen LogP contribution in [0.2, 0.25) is 0 Å². The number of rotatable bonds is 3. The number of amides is 3. The van der Waals surface area contributed by atoms with Crippen LogP contribution in [0.3, 0.4) is 0 Å². The molecule has 3 aliphatic rings. The van der Waals surface area contributed by atoms with Crippen LogP contribution in [0.15, 0.2) is 78.4 Å². The van der Waals surface area contributed by atoms with Crippen molar-refractivity contribution < 1.29 is 32.3 Å². The average Bonchev–Trinajstić information content (AvgIpc) is 2.84. The minimum absolute atomic E-state index is 0.0892. The summed E-state index contributed by atoms with van der Waals surface area (Å²) in [6.45, 7) is 5.31. The number of carbonyl (C=O) groups is 3. The maximum atomic E-state index is 14.0. The number of alkyl halides is 3. The molecular weight excluding hydrogens is 501 g/mol. The van der Waals surface area contributed by atoms with Gasteiger partial charge in [-0.1, -0.05) is 0 Å². The third-order valence-electron chi connectivity index (χ3n) is 5.76. The van der Waals surface area contributed by atoms with Crippen LogP contribution in [0.1, 0.15) is 39.2 Å². The number of nitrogens with one attached hydrogen (secondary N) is 2. The van der Waals surface area contributed by atoms with E-state index < -0.39 is 41.3 Å². The molecular formula is C27H27F3N4O4. The van der Waals surface area contributed by atoms with Crippen LogP contribution in [0.25, 0.3) is 0 Å². The third-order valence-corrected chi connectivity index (χ3v) is 5.76. The van der Waals surface area contributed by atoms with E-state index in [-0.39, 0.29) is 24.2 Å². The molecule has 38 heavy (non-hydrogen) atoms. The van der Waals surface area contributed by atoms with E-state index in [9.17, 15) is 27.6 Å². The quantitative estimate of drug-likeness (QED) is 0.515. The van der Waals surface area contributed by atoms with Gasteiger partial charge >= 0.3 is 12.3 Å². The molecule has 1 aromatic carbocycles. The van der Waals surface area contributed by atoms with E-state index >= 15 is 0 Å². The second-order valence-electron chi connectivity index (χ2n) is 9.85. The molecule has 2 N–H and O–H groups in total. The number of carbonyl (C=O) groups excluding carboxylic acids is 3. The van der Waals surface area contributed by atoms with Gasteiger partial charge in [0.1, 0.15) is 11.6 Å². The molecule has 1 aromatic rings. The Hall–Kier alpha value is -4.28. The lowest BCUT2D eigenvalue weighted by Crippen LogP contribution is -2.47. The summed E-state index contributed by atoms with van der Waals surface area (Å²) in [5, 5.41) is 4.97. The Morgan fingerprint density at radius 3 is 2.16 bits per heavy atom. The van der Waals surface area contributed by atoms with Gasteiger partial charge in [0, 0.05) is 36.9 Å². The van der Waals surface area contributed by atoms with Gasteiger partial charge in [0.25, 0.3) is 0 Å². The van der Waals surface area contributed by atoms with Crippen molar-refractivity contribution in [1.29, 1.82) is 0 Å². The molecule has 1 atom stereocenters. The zero-order valence-corrected chi connectivity index (χ0v) is 21.0. The van der Waals surface area contributed by atoms with Crippen LogP contribution in [0.4, 0.5) is 29.3 Å². The monoisotopic (exact) mass is 528 g/mol. The first-order valence-corrected chi connectivity index (χ1v) is 11.9. The molecule has 0 saturated carbocycles. The van der Waals surface area contributed by atoms with Crippen LogP contribution in [-0.4, -0.2) is 34.5 Å². The topological polar surface area (TPSA) is 91.0 Å². The van der Waals surface area contributed by atoms with Gasteiger partial charge in [-0.25, -0.2) is 4.79 Å². The molecule has 8 nitrogen and oxygen atoms in total. The van der Waals surface area contributed by atoms with E-state index in [1.807, 2.05) is 0 Å². The molecule has 0 aliphatic carbocycles. The summed E-state index contributed by atoms with van der Waals surface area (Å²) in [7, 11) is 0. The first-order valence-electron chi connectivity index (χ1n) is 11.9. The first-order chi connectivity index (χ1) is 17.8. The average molecular weight is 529 g/mol. The van der Waals surface area contributed by atoms with E-state index in [0.29, 0.717) is 0 Å². The summed E-state index contributed by atoms with van der Waals surface area (Å²) in [4.78, 5) is 38.2. The van der Waals surface area contributed by atoms with Crippen LogP contribution in [-0.2, 0) is 20.5 Å². The third kappa shape index (κ3) is 6.34. The van der Waals surface area contributed by atoms with Crippen molar-refractivity contribution in [2.75, 3.05) is 10.2 Å². The van der Waals surface area contributed by atoms with Gasteiger partial charge in [-0.2, -0.15) is 13.2 Å². The smallest absolute Gasteiger partial charge is 0.418 e. The molecule has 0 spiro atoms. The van der Waals surface area contributed by atoms with Gasteiger partial charge in [0.2, 0.25) is 11.8 Å². The van der Waals surface area contributed by atoms with E-state index in [0.717, 1.165) is 17.2 Å². The van der Waals surface area contributed by atoms with Crippen molar-refractivity contribution in [3.05, 3.63) is 84.0 Å². The molecule has 3 heterocycles. The summed E-state index contributed by atoms with van der Waals surface area (Å²) in [6, 6.07) is 2.93. The molecule has 1 fully saturated rings. The van der Waals surface area contributed by atoms with Crippen molar-refractivity contribution in [2.24, 2.45) is 0 Å². The fourth-order valence-corrected chi connectivity index (χ4v) is 3.95. The van der Waals surface area contributed by atoms with Gasteiger partial charge in [-0.15, -0.1) is 0 Å². The van der Waals surface area contributed by atoms with Crippen molar-refractivity contribution >= 4 is 29.3 Å². The molecule has 200 valence electrons. The summed E-state index contributed by atoms with van der Waals surface area (Å²) in [5.74, 6) is -0.974. The Kier molecular flexibility index (Phi) is 7.21. The number of benzene rings is 1. The predicted octanol–water partition coefficient (Wildman–Crippen LogP) is 5.34. The molecule has 0 aromatic heterocycles. The highest BCUT2D eigenvalue weighted by atomic mass is 19.4. The highest BCUT2D eigenvalue weighted by Crippen LogP contribution is 2.39. The van der Waals surface area contributed by atoms with Crippen molar-refractivity contribution in [2.45, 2.75) is 51.4 Å². The summed E-state index contributed by atoms with van der Waals surface area (Å²) < 4.78 is 47.2. The van der Waals surface area contributed by atoms with Crippen LogP contribution in [0.5, 0.6) is 0 Å². The second-order valence-corrected chi connectivity index (χ2v) is 9.85. The maximum absolute atomic E-state index is 14.0. The van der Waals surface area contributed by atoms with E-state index in [2.05, 4.69) is 10.6 Å². The van der Waals surface area contributed by atoms with E-state index in [1.54, 1.807) is 57.5 Å². The lowest BCUT2D eigenvalue weighted by atomic mass is 10.0. The van der Waals surface area contributed by atoms with Crippen LogP contribution >= 0.6 is 0 Å². The summed E-state index contributed by atoms with van der Waals surface area (Å²) in [5.41, 5.74) is 0.0124. The SMILES string of the molecule is CC(C)(C)OC(=O)N1C=CC(=C2C=CN(c3ccc(NC4CCC(=O)NC4=O)cc3C(F)(F)F)C=C2)C=C1. The number of allylic oxidation sites excluding steroid dienone is 6. The van der Waals surface area contributed by atoms with Gasteiger partial charge < -0.3 is 15.0 Å². The number of hydrogen-bond acceptors (Lipinski definition) is 6. The number of piperidine rings is 1. The van der Waals surface area contributed by atoms with Gasteiger partial charge in [-0.3, -0.25) is 19.8 Å². The number of ether oxygens (including phenoxy) is 1. The predicted molar refractivity (Wildman–Crippen MR) is 135 cm³/mol. The lowest BCUT2D eigenvalue weighted by molar-refractivity contribution is -0.137. The minimum Gasteiger partial charge on any atom is -0.443 e. The number of hydrogen-bond donors (Lipinski definition) is 2. The zero-order valence-electron chi connectivity index (χ0n) is 21.0. The number of imide groups is 1. The largest absolute Gasteiger partial charge is 0.443 e. The summed E-state index contributed by atoms with van der Waals surface area (Å²) >= 11 is 0. The van der Waals surface area contributed by atoms with Crippen LogP contribution in [0, 0.1) is 0 Å². The first kappa shape index (κ1) is 26.8. The molecule has 0 radical (unpaired) electrons. The molecule has 1 unspecified atom stereocenters. The fourth-order valence-electron chi connectivity index (χ4n) is 3.95. The molecule has 11 heteroatoms. The van der Waals surface area contributed by atoms with Crippen molar-refractivity contribution in [3.8, 4) is 0 Å². The Morgan fingerprint density at radius 1 is 1.00 bits per heavy atom. The van der Waals surface area contributed by atoms with Gasteiger partial charge in [0.05, 0.1) is 11.3 Å². The van der Waals surface area contributed by atoms with Gasteiger partial charge in [-0.05, 0) is 80.8 Å². The van der Waals surface area contributed by atoms with Crippen molar-refractivity contribution in [3.63, 3.8) is 0 Å². The number of halogens is 3. The molecule has 1 saturated heterocycles. The highest BCUT2D eigenvalue weighted by Gasteiger charge is 2.36. The number of anilines is 2. The standard InChI is InChI=1S/C27H27F3N4O4/c1-26(2,3)38-25(37)34-14-10-18(11-15-34)17-8-12-33(13-9-17)22-6-4-19(16-20(22)27(28,29)30)31-21-5-7-23(35)32-24(21)36/h4,6,8-16,21,31H,5,7H2,1-3H3,(H,32,35,36). The van der Waals surface area contributed by atoms with Crippen LogP contribution < -0.4 is 15.5 Å². The Balaban J connectivity index is 1.50. The molecule has 0 bridgehead atoms. The molecule has 3 aliphatic heterocycles. The Labute approximate surface area is 217 Å². The second kappa shape index (κ2) is 10.2. The Bertz CT molecular complexity index is 1270. The fraction of sp³-hybridized carbons (Fsp3) is 0.296. The molecule has 4 rings (SSSR count). The highest BCUT2D eigenvalue weighted by molar-refractivity contribution is 6.01. The lowest BCUT2D eigenvalue weighted by Gasteiger charge is -2.26. The molecule has 3 amide bonds. The normalized spacial score (nSPS) is 19.7. The minimum atomic E-state index is -4.65. The summed E-state index contributed by atoms with van der Waals surface area (Å²) in [6.07, 6.45) is 8.03. The van der Waals surface area contributed by atoms with E-state index in [4.69, 9.17) is 4.74 Å². The van der Waals surface area contributed by atoms with E-state index in [1.165, 1.54) is 34.3 Å². The van der Waals surface area contributed by atoms with Crippen molar-refractivity contribution in [1.82, 2.24) is 10.2 Å². The van der Waals surface area contributed by atoms with Gasteiger partial charge in [0.15, 0.2) is 0 Å². The zero-order chi connectivity index (χ0) is 27.7. The number of nitrogens with zero attached hydrogens (tertiary/aromatic N) is 2. The maximum Gasteiger partial charge on any atom is 0.418 e.